The molecule has 0 spiro atoms. The van der Waals surface area contributed by atoms with Crippen LogP contribution in [0.5, 0.6) is 0 Å². The summed E-state index contributed by atoms with van der Waals surface area (Å²) in [6.45, 7) is 2.62. The van der Waals surface area contributed by atoms with E-state index in [1.807, 2.05) is 66.7 Å². The average molecular weight is 496 g/mol. The Bertz CT molecular complexity index is 1440. The molecule has 2 aliphatic rings. The molecule has 2 amide bonds. The van der Waals surface area contributed by atoms with Gasteiger partial charge in [-0.25, -0.2) is 9.78 Å². The van der Waals surface area contributed by atoms with Crippen molar-refractivity contribution in [3.63, 3.8) is 0 Å². The number of amides is 2. The fourth-order valence-corrected chi connectivity index (χ4v) is 4.55. The molecular formula is C29H29N5O3. The molecule has 8 nitrogen and oxygen atoms in total. The number of nitrogens with two attached hydrogens (primary N) is 1. The standard InChI is InChI=1S/C29H29N5O3/c1-2-19-17-37-29(36)34-23-5-3-4-18(14-23)16-32-28(35)26(21-8-6-20(19)7-9-21)33-24-10-11-25-22(15-24)12-13-31-27(25)30/h3-15,19,26,33H,2,16-17H2,1H3,(H2,30,31)(H,32,35)(H,34,36). The summed E-state index contributed by atoms with van der Waals surface area (Å²) in [7, 11) is 0. The van der Waals surface area contributed by atoms with Gasteiger partial charge in [0, 0.05) is 35.4 Å². The first-order valence-electron chi connectivity index (χ1n) is 12.3. The highest BCUT2D eigenvalue weighted by Gasteiger charge is 2.22. The van der Waals surface area contributed by atoms with Gasteiger partial charge in [0.15, 0.2) is 0 Å². The second-order valence-corrected chi connectivity index (χ2v) is 9.12. The van der Waals surface area contributed by atoms with E-state index >= 15 is 0 Å². The number of carbonyl (C=O) groups is 2. The average Bonchev–Trinajstić information content (AvgIpc) is 2.91. The third-order valence-corrected chi connectivity index (χ3v) is 6.66. The quantitative estimate of drug-likeness (QED) is 0.305. The van der Waals surface area contributed by atoms with Crippen molar-refractivity contribution >= 4 is 40.0 Å². The van der Waals surface area contributed by atoms with Crippen molar-refractivity contribution in [1.82, 2.24) is 10.3 Å². The number of fused-ring (bicyclic) bond motifs is 10. The first kappa shape index (κ1) is 24.1. The Morgan fingerprint density at radius 1 is 1.03 bits per heavy atom. The van der Waals surface area contributed by atoms with Gasteiger partial charge in [-0.2, -0.15) is 0 Å². The number of nitrogens with one attached hydrogen (secondary N) is 3. The summed E-state index contributed by atoms with van der Waals surface area (Å²) < 4.78 is 5.51. The van der Waals surface area contributed by atoms with Crippen LogP contribution in [0.25, 0.3) is 10.8 Å². The lowest BCUT2D eigenvalue weighted by atomic mass is 9.94. The number of anilines is 3. The fraction of sp³-hybridized carbons (Fsp3) is 0.207. The molecule has 0 fully saturated rings. The Kier molecular flexibility index (Phi) is 6.89. The number of hydrogen-bond donors (Lipinski definition) is 4. The number of benzene rings is 3. The number of carbonyl (C=O) groups excluding carboxylic acids is 2. The minimum atomic E-state index is -0.627. The van der Waals surface area contributed by atoms with Crippen LogP contribution >= 0.6 is 0 Å². The predicted octanol–water partition coefficient (Wildman–Crippen LogP) is 5.34. The van der Waals surface area contributed by atoms with E-state index in [2.05, 4.69) is 27.9 Å². The van der Waals surface area contributed by atoms with E-state index in [1.165, 1.54) is 0 Å². The molecule has 3 aromatic carbocycles. The van der Waals surface area contributed by atoms with Gasteiger partial charge in [-0.1, -0.05) is 43.3 Å². The minimum absolute atomic E-state index is 0.0406. The summed E-state index contributed by atoms with van der Waals surface area (Å²) in [4.78, 5) is 30.0. The van der Waals surface area contributed by atoms with Gasteiger partial charge in [0.05, 0.1) is 0 Å². The zero-order valence-corrected chi connectivity index (χ0v) is 20.5. The van der Waals surface area contributed by atoms with E-state index in [0.29, 0.717) is 18.1 Å². The Hall–Kier alpha value is -4.59. The largest absolute Gasteiger partial charge is 0.449 e. The molecule has 188 valence electrons. The maximum absolute atomic E-state index is 13.5. The van der Waals surface area contributed by atoms with Crippen molar-refractivity contribution in [2.45, 2.75) is 31.8 Å². The number of ether oxygens (including phenoxy) is 1. The number of aromatic nitrogens is 1. The molecule has 4 aromatic rings. The molecule has 37 heavy (non-hydrogen) atoms. The number of pyridine rings is 1. The molecule has 2 aliphatic heterocycles. The zero-order valence-electron chi connectivity index (χ0n) is 20.5. The molecule has 4 bridgehead atoms. The highest BCUT2D eigenvalue weighted by atomic mass is 16.5. The molecule has 6 rings (SSSR count). The Balaban J connectivity index is 1.49. The van der Waals surface area contributed by atoms with Crippen LogP contribution in [-0.4, -0.2) is 23.6 Å². The number of hydrogen-bond acceptors (Lipinski definition) is 6. The van der Waals surface area contributed by atoms with Crippen LogP contribution in [0, 0.1) is 0 Å². The normalized spacial score (nSPS) is 18.1. The third kappa shape index (κ3) is 5.48. The topological polar surface area (TPSA) is 118 Å². The minimum Gasteiger partial charge on any atom is -0.449 e. The number of nitrogens with zero attached hydrogens (tertiary/aromatic N) is 1. The number of nitrogen functional groups attached to an aromatic ring is 1. The summed E-state index contributed by atoms with van der Waals surface area (Å²) in [5, 5.41) is 11.0. The highest BCUT2D eigenvalue weighted by molar-refractivity contribution is 5.94. The molecule has 0 aliphatic carbocycles. The fourth-order valence-electron chi connectivity index (χ4n) is 4.55. The van der Waals surface area contributed by atoms with Crippen LogP contribution in [0.1, 0.15) is 42.0 Å². The van der Waals surface area contributed by atoms with Crippen LogP contribution < -0.4 is 21.7 Å². The Labute approximate surface area is 215 Å². The van der Waals surface area contributed by atoms with E-state index in [9.17, 15) is 9.59 Å². The molecule has 2 unspecified atom stereocenters. The smallest absolute Gasteiger partial charge is 0.411 e. The van der Waals surface area contributed by atoms with Crippen molar-refractivity contribution in [3.05, 3.63) is 95.7 Å². The first-order valence-corrected chi connectivity index (χ1v) is 12.3. The van der Waals surface area contributed by atoms with E-state index in [4.69, 9.17) is 10.5 Å². The molecule has 2 atom stereocenters. The van der Waals surface area contributed by atoms with Crippen LogP contribution in [0.15, 0.2) is 79.0 Å². The zero-order chi connectivity index (χ0) is 25.8. The van der Waals surface area contributed by atoms with Crippen molar-refractivity contribution in [3.8, 4) is 0 Å². The highest BCUT2D eigenvalue weighted by Crippen LogP contribution is 2.28. The maximum atomic E-state index is 13.5. The molecular weight excluding hydrogens is 466 g/mol. The van der Waals surface area contributed by atoms with E-state index in [0.717, 1.165) is 39.6 Å². The summed E-state index contributed by atoms with van der Waals surface area (Å²) >= 11 is 0. The Morgan fingerprint density at radius 2 is 1.84 bits per heavy atom. The molecule has 0 saturated carbocycles. The van der Waals surface area contributed by atoms with Crippen LogP contribution in [0.4, 0.5) is 22.0 Å². The SMILES string of the molecule is CCC1COC(=O)Nc2cccc(c2)CNC(=O)C(Nc2ccc3c(N)nccc3c2)c2ccc1cc2. The van der Waals surface area contributed by atoms with Crippen molar-refractivity contribution in [2.75, 3.05) is 23.0 Å². The van der Waals surface area contributed by atoms with Gasteiger partial charge in [-0.3, -0.25) is 10.1 Å². The second-order valence-electron chi connectivity index (χ2n) is 9.12. The second kappa shape index (κ2) is 10.6. The molecule has 1 aromatic heterocycles. The summed E-state index contributed by atoms with van der Waals surface area (Å²) in [5.41, 5.74) is 10.1. The van der Waals surface area contributed by atoms with Crippen LogP contribution in [0.3, 0.4) is 0 Å². The van der Waals surface area contributed by atoms with E-state index in [1.54, 1.807) is 12.3 Å². The summed E-state index contributed by atoms with van der Waals surface area (Å²) in [5.74, 6) is 0.341. The predicted molar refractivity (Wildman–Crippen MR) is 145 cm³/mol. The molecule has 0 radical (unpaired) electrons. The Morgan fingerprint density at radius 3 is 2.65 bits per heavy atom. The lowest BCUT2D eigenvalue weighted by Gasteiger charge is -2.22. The molecule has 3 heterocycles. The van der Waals surface area contributed by atoms with Crippen LogP contribution in [0.2, 0.25) is 0 Å². The van der Waals surface area contributed by atoms with E-state index in [-0.39, 0.29) is 18.4 Å². The first-order chi connectivity index (χ1) is 18.0. The maximum Gasteiger partial charge on any atom is 0.411 e. The lowest BCUT2D eigenvalue weighted by Crippen LogP contribution is -2.33. The molecule has 5 N–H and O–H groups in total. The van der Waals surface area contributed by atoms with Crippen molar-refractivity contribution in [1.29, 1.82) is 0 Å². The van der Waals surface area contributed by atoms with Crippen LogP contribution in [-0.2, 0) is 16.1 Å². The van der Waals surface area contributed by atoms with Crippen molar-refractivity contribution < 1.29 is 14.3 Å². The van der Waals surface area contributed by atoms with Gasteiger partial charge in [0.25, 0.3) is 0 Å². The van der Waals surface area contributed by atoms with Gasteiger partial charge in [-0.05, 0) is 64.9 Å². The van der Waals surface area contributed by atoms with Gasteiger partial charge in [0.1, 0.15) is 18.5 Å². The van der Waals surface area contributed by atoms with E-state index < -0.39 is 12.1 Å². The van der Waals surface area contributed by atoms with Crippen molar-refractivity contribution in [2.24, 2.45) is 0 Å². The lowest BCUT2D eigenvalue weighted by molar-refractivity contribution is -0.122. The van der Waals surface area contributed by atoms with Gasteiger partial charge < -0.3 is 21.1 Å². The van der Waals surface area contributed by atoms with Gasteiger partial charge in [-0.15, -0.1) is 0 Å². The van der Waals surface area contributed by atoms with Gasteiger partial charge in [0.2, 0.25) is 5.91 Å². The number of rotatable bonds is 3. The molecule has 0 saturated heterocycles. The summed E-state index contributed by atoms with van der Waals surface area (Å²) in [6.07, 6.45) is 1.98. The monoisotopic (exact) mass is 495 g/mol. The van der Waals surface area contributed by atoms with Gasteiger partial charge >= 0.3 is 6.09 Å². The summed E-state index contributed by atoms with van der Waals surface area (Å²) in [6, 6.07) is 22.3. The molecule has 8 heteroatoms. The third-order valence-electron chi connectivity index (χ3n) is 6.66.